The summed E-state index contributed by atoms with van der Waals surface area (Å²) in [6.07, 6.45) is 6.05. The van der Waals surface area contributed by atoms with Crippen LogP contribution in [-0.4, -0.2) is 17.1 Å². The average Bonchev–Trinajstić information content (AvgIpc) is 2.50. The first-order valence-corrected chi connectivity index (χ1v) is 9.05. The summed E-state index contributed by atoms with van der Waals surface area (Å²) in [7, 11) is 0. The van der Waals surface area contributed by atoms with Crippen LogP contribution in [-0.2, 0) is 4.79 Å². The maximum absolute atomic E-state index is 11.7. The van der Waals surface area contributed by atoms with E-state index in [0.717, 1.165) is 18.8 Å². The molecule has 0 saturated heterocycles. The summed E-state index contributed by atoms with van der Waals surface area (Å²) in [5.41, 5.74) is 0.613. The van der Waals surface area contributed by atoms with Crippen LogP contribution in [0.5, 0.6) is 5.75 Å². The van der Waals surface area contributed by atoms with E-state index in [-0.39, 0.29) is 11.8 Å². The minimum absolute atomic E-state index is 0.0132. The molecule has 0 N–H and O–H groups in total. The van der Waals surface area contributed by atoms with Gasteiger partial charge in [0.1, 0.15) is 5.75 Å². The maximum atomic E-state index is 11.7. The zero-order valence-corrected chi connectivity index (χ0v) is 15.0. The molecule has 1 aromatic rings. The lowest BCUT2D eigenvalue weighted by molar-refractivity contribution is -0.134. The van der Waals surface area contributed by atoms with E-state index >= 15 is 0 Å². The Balaban J connectivity index is 2.23. The van der Waals surface area contributed by atoms with E-state index in [1.54, 1.807) is 24.3 Å². The number of hydrogen-bond acceptors (Lipinski definition) is 3. The molecule has 122 valence electrons. The van der Waals surface area contributed by atoms with Gasteiger partial charge in [-0.25, -0.2) is 0 Å². The molecule has 0 unspecified atom stereocenters. The smallest absolute Gasteiger partial charge is 0.311 e. The molecule has 0 heterocycles. The first-order valence-electron chi connectivity index (χ1n) is 7.93. The lowest BCUT2D eigenvalue weighted by Crippen LogP contribution is -2.08. The fraction of sp³-hybridized carbons (Fsp3) is 0.556. The van der Waals surface area contributed by atoms with E-state index < -0.39 is 0 Å². The zero-order chi connectivity index (χ0) is 16.4. The molecule has 1 aromatic carbocycles. The van der Waals surface area contributed by atoms with E-state index in [2.05, 4.69) is 29.8 Å². The Morgan fingerprint density at radius 2 is 1.68 bits per heavy atom. The number of rotatable bonds is 10. The van der Waals surface area contributed by atoms with Gasteiger partial charge in [-0.1, -0.05) is 55.5 Å². The lowest BCUT2D eigenvalue weighted by atomic mass is 10.0. The van der Waals surface area contributed by atoms with Crippen LogP contribution in [0.1, 0.15) is 62.7 Å². The Morgan fingerprint density at radius 3 is 2.27 bits per heavy atom. The quantitative estimate of drug-likeness (QED) is 0.188. The molecule has 0 spiro atoms. The molecular weight excluding hydrogens is 344 g/mol. The van der Waals surface area contributed by atoms with Gasteiger partial charge in [-0.2, -0.15) is 0 Å². The number of Topliss-reactive ketones (excluding diaryl/α,β-unsaturated/α-hetero) is 1. The second-order valence-electron chi connectivity index (χ2n) is 5.90. The van der Waals surface area contributed by atoms with Crippen LogP contribution in [0, 0.1) is 5.92 Å². The van der Waals surface area contributed by atoms with Crippen molar-refractivity contribution >= 4 is 27.7 Å². The van der Waals surface area contributed by atoms with E-state index in [1.807, 2.05) is 0 Å². The predicted octanol–water partition coefficient (Wildman–Crippen LogP) is 5.17. The van der Waals surface area contributed by atoms with Crippen molar-refractivity contribution in [1.82, 2.24) is 0 Å². The molecule has 0 aliphatic rings. The number of hydrogen-bond donors (Lipinski definition) is 0. The zero-order valence-electron chi connectivity index (χ0n) is 13.4. The Labute approximate surface area is 141 Å². The molecule has 0 bridgehead atoms. The van der Waals surface area contributed by atoms with Crippen LogP contribution in [0.2, 0.25) is 0 Å². The summed E-state index contributed by atoms with van der Waals surface area (Å²) >= 11 is 3.13. The molecule has 0 saturated carbocycles. The van der Waals surface area contributed by atoms with Crippen LogP contribution < -0.4 is 4.74 Å². The summed E-state index contributed by atoms with van der Waals surface area (Å²) in [6.45, 7) is 4.46. The highest BCUT2D eigenvalue weighted by atomic mass is 79.9. The number of carbonyl (C=O) groups excluding carboxylic acids is 2. The topological polar surface area (TPSA) is 43.4 Å². The minimum Gasteiger partial charge on any atom is -0.427 e. The lowest BCUT2D eigenvalue weighted by Gasteiger charge is -2.06. The number of unbranched alkanes of at least 4 members (excludes halogenated alkanes) is 3. The second-order valence-corrected chi connectivity index (χ2v) is 6.46. The third kappa shape index (κ3) is 7.74. The molecule has 0 atom stereocenters. The highest BCUT2D eigenvalue weighted by Crippen LogP contribution is 2.15. The monoisotopic (exact) mass is 368 g/mol. The summed E-state index contributed by atoms with van der Waals surface area (Å²) in [6, 6.07) is 6.68. The van der Waals surface area contributed by atoms with Crippen LogP contribution in [0.15, 0.2) is 24.3 Å². The number of carbonyl (C=O) groups is 2. The summed E-state index contributed by atoms with van der Waals surface area (Å²) in [5.74, 6) is 1.06. The average molecular weight is 369 g/mol. The van der Waals surface area contributed by atoms with Gasteiger partial charge in [-0.3, -0.25) is 9.59 Å². The fourth-order valence-electron chi connectivity index (χ4n) is 2.14. The molecule has 1 rings (SSSR count). The Hall–Kier alpha value is -1.16. The predicted molar refractivity (Wildman–Crippen MR) is 92.7 cm³/mol. The van der Waals surface area contributed by atoms with Crippen molar-refractivity contribution in [1.29, 1.82) is 0 Å². The van der Waals surface area contributed by atoms with Gasteiger partial charge in [0.15, 0.2) is 5.78 Å². The summed E-state index contributed by atoms with van der Waals surface area (Å²) in [5, 5.41) is 0.295. The third-order valence-corrected chi connectivity index (χ3v) is 3.95. The second kappa shape index (κ2) is 10.5. The number of ketones is 1. The van der Waals surface area contributed by atoms with Crippen LogP contribution in [0.3, 0.4) is 0 Å². The van der Waals surface area contributed by atoms with Gasteiger partial charge in [-0.05, 0) is 36.6 Å². The SMILES string of the molecule is CC(C)CCCCCCC(=O)Oc1ccc(C(=O)CBr)cc1. The Morgan fingerprint density at radius 1 is 1.05 bits per heavy atom. The number of alkyl halides is 1. The Bertz CT molecular complexity index is 466. The molecular formula is C18H25BrO3. The molecule has 3 nitrogen and oxygen atoms in total. The van der Waals surface area contributed by atoms with E-state index in [0.29, 0.717) is 23.1 Å². The van der Waals surface area contributed by atoms with Gasteiger partial charge in [0.05, 0.1) is 5.33 Å². The molecule has 0 fully saturated rings. The first-order chi connectivity index (χ1) is 10.5. The number of benzene rings is 1. The molecule has 0 radical (unpaired) electrons. The van der Waals surface area contributed by atoms with Crippen molar-refractivity contribution in [3.63, 3.8) is 0 Å². The van der Waals surface area contributed by atoms with Gasteiger partial charge in [0.2, 0.25) is 0 Å². The van der Waals surface area contributed by atoms with Crippen LogP contribution in [0.25, 0.3) is 0 Å². The van der Waals surface area contributed by atoms with Crippen LogP contribution >= 0.6 is 15.9 Å². The van der Waals surface area contributed by atoms with Crippen molar-refractivity contribution in [2.24, 2.45) is 5.92 Å². The summed E-state index contributed by atoms with van der Waals surface area (Å²) in [4.78, 5) is 23.2. The van der Waals surface area contributed by atoms with Gasteiger partial charge >= 0.3 is 5.97 Å². The largest absolute Gasteiger partial charge is 0.427 e. The van der Waals surface area contributed by atoms with Crippen molar-refractivity contribution < 1.29 is 14.3 Å². The minimum atomic E-state index is -0.205. The maximum Gasteiger partial charge on any atom is 0.311 e. The molecule has 0 aliphatic carbocycles. The summed E-state index contributed by atoms with van der Waals surface area (Å²) < 4.78 is 5.27. The highest BCUT2D eigenvalue weighted by molar-refractivity contribution is 9.09. The molecule has 4 heteroatoms. The standard InChI is InChI=1S/C18H25BrO3/c1-14(2)7-5-3-4-6-8-18(21)22-16-11-9-15(10-12-16)17(20)13-19/h9-12,14H,3-8,13H2,1-2H3. The Kier molecular flexibility index (Phi) is 9.05. The van der Waals surface area contributed by atoms with Crippen molar-refractivity contribution in [2.45, 2.75) is 52.4 Å². The van der Waals surface area contributed by atoms with Gasteiger partial charge in [-0.15, -0.1) is 0 Å². The highest BCUT2D eigenvalue weighted by Gasteiger charge is 2.07. The molecule has 22 heavy (non-hydrogen) atoms. The molecule has 0 aromatic heterocycles. The molecule has 0 amide bonds. The normalized spacial score (nSPS) is 10.7. The third-order valence-electron chi connectivity index (χ3n) is 3.44. The van der Waals surface area contributed by atoms with Crippen LogP contribution in [0.4, 0.5) is 0 Å². The van der Waals surface area contributed by atoms with Crippen molar-refractivity contribution in [3.8, 4) is 5.75 Å². The van der Waals surface area contributed by atoms with E-state index in [4.69, 9.17) is 4.74 Å². The molecule has 0 aliphatic heterocycles. The van der Waals surface area contributed by atoms with Gasteiger partial charge < -0.3 is 4.74 Å². The fourth-order valence-corrected chi connectivity index (χ4v) is 2.47. The number of ether oxygens (including phenoxy) is 1. The first kappa shape index (κ1) is 18.9. The van der Waals surface area contributed by atoms with E-state index in [1.165, 1.54) is 19.3 Å². The van der Waals surface area contributed by atoms with Crippen molar-refractivity contribution in [2.75, 3.05) is 5.33 Å². The number of halogens is 1. The van der Waals surface area contributed by atoms with Gasteiger partial charge in [0, 0.05) is 12.0 Å². The number of esters is 1. The van der Waals surface area contributed by atoms with Gasteiger partial charge in [0.25, 0.3) is 0 Å². The van der Waals surface area contributed by atoms with Crippen molar-refractivity contribution in [3.05, 3.63) is 29.8 Å². The van der Waals surface area contributed by atoms with E-state index in [9.17, 15) is 9.59 Å².